The third-order valence-corrected chi connectivity index (χ3v) is 5.10. The molecule has 0 saturated heterocycles. The molecule has 8 heteroatoms. The fourth-order valence-corrected chi connectivity index (χ4v) is 3.62. The number of halogens is 3. The van der Waals surface area contributed by atoms with Crippen LogP contribution in [0.4, 0.5) is 4.39 Å². The van der Waals surface area contributed by atoms with Gasteiger partial charge in [-0.1, -0.05) is 33.6 Å². The molecule has 0 N–H and O–H groups in total. The van der Waals surface area contributed by atoms with Crippen molar-refractivity contribution >= 4 is 44.8 Å². The Morgan fingerprint density at radius 2 is 2.08 bits per heavy atom. The molecule has 134 valence electrons. The summed E-state index contributed by atoms with van der Waals surface area (Å²) in [5, 5.41) is 13.2. The minimum atomic E-state index is -1.31. The number of ether oxygens (including phenoxy) is 1. The van der Waals surface area contributed by atoms with E-state index in [-0.39, 0.29) is 12.3 Å². The normalized spacial score (nSPS) is 10.7. The molecule has 0 amide bonds. The van der Waals surface area contributed by atoms with Crippen LogP contribution in [-0.4, -0.2) is 11.0 Å². The molecule has 3 aromatic rings. The Hall–Kier alpha value is -1.96. The molecule has 3 rings (SSSR count). The van der Waals surface area contributed by atoms with Gasteiger partial charge in [0.05, 0.1) is 16.7 Å². The Morgan fingerprint density at radius 3 is 2.77 bits per heavy atom. The van der Waals surface area contributed by atoms with E-state index in [9.17, 15) is 14.3 Å². The zero-order valence-corrected chi connectivity index (χ0v) is 16.3. The van der Waals surface area contributed by atoms with Gasteiger partial charge in [0.15, 0.2) is 0 Å². The monoisotopic (exact) mass is 454 g/mol. The predicted molar refractivity (Wildman–Crippen MR) is 99.1 cm³/mol. The quantitative estimate of drug-likeness (QED) is 0.558. The smallest absolute Gasteiger partial charge is 0.131 e. The molecular formula is C18H11BrClFNO3S-. The van der Waals surface area contributed by atoms with Crippen LogP contribution in [0.1, 0.15) is 26.6 Å². The van der Waals surface area contributed by atoms with E-state index in [1.54, 1.807) is 18.2 Å². The maximum Gasteiger partial charge on any atom is 0.131 e. The zero-order chi connectivity index (χ0) is 18.7. The lowest BCUT2D eigenvalue weighted by molar-refractivity contribution is -0.255. The first kappa shape index (κ1) is 18.8. The minimum absolute atomic E-state index is 0.0415. The second kappa shape index (κ2) is 8.16. The number of carbonyl (C=O) groups excluding carboxylic acids is 1. The van der Waals surface area contributed by atoms with E-state index in [1.165, 1.54) is 22.8 Å². The highest BCUT2D eigenvalue weighted by Crippen LogP contribution is 2.28. The second-order valence-electron chi connectivity index (χ2n) is 5.37. The molecule has 26 heavy (non-hydrogen) atoms. The molecule has 2 aromatic carbocycles. The highest BCUT2D eigenvalue weighted by atomic mass is 79.9. The van der Waals surface area contributed by atoms with Gasteiger partial charge >= 0.3 is 0 Å². The van der Waals surface area contributed by atoms with Crippen molar-refractivity contribution in [1.29, 1.82) is 0 Å². The van der Waals surface area contributed by atoms with Gasteiger partial charge in [-0.15, -0.1) is 11.3 Å². The van der Waals surface area contributed by atoms with E-state index in [2.05, 4.69) is 20.9 Å². The molecule has 0 aliphatic heterocycles. The average Bonchev–Trinajstić information content (AvgIpc) is 3.04. The first-order valence-electron chi connectivity index (χ1n) is 7.43. The topological polar surface area (TPSA) is 62.2 Å². The van der Waals surface area contributed by atoms with Crippen LogP contribution in [0.15, 0.2) is 46.3 Å². The Bertz CT molecular complexity index is 963. The highest BCUT2D eigenvalue weighted by Gasteiger charge is 2.11. The highest BCUT2D eigenvalue weighted by molar-refractivity contribution is 9.10. The summed E-state index contributed by atoms with van der Waals surface area (Å²) >= 11 is 10.4. The van der Waals surface area contributed by atoms with Gasteiger partial charge in [-0.25, -0.2) is 9.37 Å². The fourth-order valence-electron chi connectivity index (χ4n) is 2.27. The number of benzene rings is 2. The maximum absolute atomic E-state index is 13.9. The van der Waals surface area contributed by atoms with Gasteiger partial charge in [0.1, 0.15) is 18.2 Å². The van der Waals surface area contributed by atoms with E-state index in [0.29, 0.717) is 27.8 Å². The van der Waals surface area contributed by atoms with Crippen molar-refractivity contribution in [3.63, 3.8) is 0 Å². The van der Waals surface area contributed by atoms with E-state index >= 15 is 0 Å². The molecule has 0 radical (unpaired) electrons. The number of nitrogens with zero attached hydrogens (tertiary/aromatic N) is 1. The van der Waals surface area contributed by atoms with Gasteiger partial charge in [-0.2, -0.15) is 0 Å². The van der Waals surface area contributed by atoms with Gasteiger partial charge in [-0.05, 0) is 30.3 Å². The van der Waals surface area contributed by atoms with Crippen molar-refractivity contribution in [3.8, 4) is 5.75 Å². The standard InChI is InChI=1S/C18H12BrClFNO3S/c19-12-2-4-16(25-8-10-1-3-13(20)7-14(10)21)11(5-12)6-17-22-15(9-26-17)18(23)24/h1-5,7,9H,6,8H2,(H,23,24)/p-1. The third kappa shape index (κ3) is 4.60. The Morgan fingerprint density at radius 1 is 1.27 bits per heavy atom. The molecule has 1 heterocycles. The number of carbonyl (C=O) groups is 1. The van der Waals surface area contributed by atoms with Crippen LogP contribution in [0.25, 0.3) is 0 Å². The number of carboxylic acids is 1. The number of hydrogen-bond donors (Lipinski definition) is 0. The Labute approximate surface area is 166 Å². The van der Waals surface area contributed by atoms with E-state index in [4.69, 9.17) is 16.3 Å². The second-order valence-corrected chi connectivity index (χ2v) is 7.66. The number of hydrogen-bond acceptors (Lipinski definition) is 5. The van der Waals surface area contributed by atoms with Gasteiger partial charge in [-0.3, -0.25) is 0 Å². The van der Waals surface area contributed by atoms with Crippen molar-refractivity contribution in [2.45, 2.75) is 13.0 Å². The molecule has 1 aromatic heterocycles. The lowest BCUT2D eigenvalue weighted by Crippen LogP contribution is -2.22. The van der Waals surface area contributed by atoms with Gasteiger partial charge in [0.25, 0.3) is 0 Å². The molecule has 0 fully saturated rings. The molecular weight excluding hydrogens is 445 g/mol. The summed E-state index contributed by atoms with van der Waals surface area (Å²) in [6.45, 7) is 0.0415. The van der Waals surface area contributed by atoms with Crippen molar-refractivity contribution in [2.75, 3.05) is 0 Å². The van der Waals surface area contributed by atoms with Crippen LogP contribution in [0.3, 0.4) is 0 Å². The zero-order valence-electron chi connectivity index (χ0n) is 13.2. The largest absolute Gasteiger partial charge is 0.543 e. The number of rotatable bonds is 6. The summed E-state index contributed by atoms with van der Waals surface area (Å²) in [6.07, 6.45) is 0.385. The molecule has 0 aliphatic carbocycles. The van der Waals surface area contributed by atoms with Crippen LogP contribution in [0.5, 0.6) is 5.75 Å². The first-order chi connectivity index (χ1) is 12.4. The third-order valence-electron chi connectivity index (χ3n) is 3.52. The number of aromatic carboxylic acids is 1. The molecule has 0 aliphatic rings. The predicted octanol–water partition coefficient (Wildman–Crippen LogP) is 4.23. The lowest BCUT2D eigenvalue weighted by atomic mass is 10.1. The molecule has 4 nitrogen and oxygen atoms in total. The summed E-state index contributed by atoms with van der Waals surface area (Å²) in [7, 11) is 0. The summed E-state index contributed by atoms with van der Waals surface area (Å²) in [4.78, 5) is 14.9. The maximum atomic E-state index is 13.9. The van der Waals surface area contributed by atoms with Crippen LogP contribution in [-0.2, 0) is 13.0 Å². The van der Waals surface area contributed by atoms with Crippen molar-refractivity contribution < 1.29 is 19.0 Å². The lowest BCUT2D eigenvalue weighted by Gasteiger charge is -2.12. The Kier molecular flexibility index (Phi) is 5.90. The van der Waals surface area contributed by atoms with Crippen LogP contribution in [0, 0.1) is 5.82 Å². The van der Waals surface area contributed by atoms with E-state index in [0.717, 1.165) is 10.0 Å². The first-order valence-corrected chi connectivity index (χ1v) is 9.48. The average molecular weight is 456 g/mol. The minimum Gasteiger partial charge on any atom is -0.543 e. The van der Waals surface area contributed by atoms with E-state index < -0.39 is 11.8 Å². The van der Waals surface area contributed by atoms with Crippen LogP contribution in [0.2, 0.25) is 5.02 Å². The van der Waals surface area contributed by atoms with Crippen LogP contribution >= 0.6 is 38.9 Å². The van der Waals surface area contributed by atoms with Crippen molar-refractivity contribution in [1.82, 2.24) is 4.98 Å². The van der Waals surface area contributed by atoms with Crippen LogP contribution < -0.4 is 9.84 Å². The van der Waals surface area contributed by atoms with E-state index in [1.807, 2.05) is 12.1 Å². The SMILES string of the molecule is O=C([O-])c1csc(Cc2cc(Br)ccc2OCc2ccc(Cl)cc2F)n1. The summed E-state index contributed by atoms with van der Waals surface area (Å²) in [6, 6.07) is 9.84. The summed E-state index contributed by atoms with van der Waals surface area (Å²) in [5.41, 5.74) is 1.09. The molecule has 0 saturated carbocycles. The number of thiazole rings is 1. The van der Waals surface area contributed by atoms with Gasteiger partial charge in [0, 0.05) is 32.4 Å². The fraction of sp³-hybridized carbons (Fsp3) is 0.111. The van der Waals surface area contributed by atoms with Gasteiger partial charge in [0.2, 0.25) is 0 Å². The molecule has 0 spiro atoms. The molecule has 0 unspecified atom stereocenters. The number of aromatic nitrogens is 1. The Balaban J connectivity index is 1.79. The molecule has 0 atom stereocenters. The van der Waals surface area contributed by atoms with Gasteiger partial charge < -0.3 is 14.6 Å². The summed E-state index contributed by atoms with van der Waals surface area (Å²) < 4.78 is 20.5. The number of carboxylic acid groups (broad SMARTS) is 1. The summed E-state index contributed by atoms with van der Waals surface area (Å²) in [5.74, 6) is -1.18. The molecule has 0 bridgehead atoms. The van der Waals surface area contributed by atoms with Crippen molar-refractivity contribution in [3.05, 3.63) is 78.9 Å². The van der Waals surface area contributed by atoms with Crippen molar-refractivity contribution in [2.24, 2.45) is 0 Å².